The number of esters is 1. The number of anilines is 1. The fourth-order valence-corrected chi connectivity index (χ4v) is 6.54. The van der Waals surface area contributed by atoms with Crippen molar-refractivity contribution in [3.63, 3.8) is 0 Å². The number of ether oxygens (including phenoxy) is 1. The second kappa shape index (κ2) is 12.7. The minimum Gasteiger partial charge on any atom is -0.468 e. The number of nitrogens with zero attached hydrogens (tertiary/aromatic N) is 2. The summed E-state index contributed by atoms with van der Waals surface area (Å²) in [5.41, 5.74) is 0.296. The monoisotopic (exact) mass is 548 g/mol. The van der Waals surface area contributed by atoms with Gasteiger partial charge in [0.15, 0.2) is 0 Å². The van der Waals surface area contributed by atoms with Crippen molar-refractivity contribution in [1.82, 2.24) is 4.90 Å². The number of hydrogen-bond donors (Lipinski definition) is 0. The second-order valence-corrected chi connectivity index (χ2v) is 11.0. The average Bonchev–Trinajstić information content (AvgIpc) is 3.28. The summed E-state index contributed by atoms with van der Waals surface area (Å²) in [6.45, 7) is 0.678. The molecule has 1 atom stereocenters. The molecular weight excluding hydrogens is 527 g/mol. The van der Waals surface area contributed by atoms with Gasteiger partial charge < -0.3 is 4.74 Å². The van der Waals surface area contributed by atoms with Crippen LogP contribution in [0.2, 0.25) is 15.1 Å². The van der Waals surface area contributed by atoms with Crippen molar-refractivity contribution in [2.75, 3.05) is 36.1 Å². The first-order valence-electron chi connectivity index (χ1n) is 9.70. The number of halogens is 3. The van der Waals surface area contributed by atoms with Gasteiger partial charge in [0, 0.05) is 34.8 Å². The lowest BCUT2D eigenvalue weighted by Gasteiger charge is -2.27. The van der Waals surface area contributed by atoms with E-state index in [0.29, 0.717) is 40.3 Å². The minimum atomic E-state index is -3.92. The van der Waals surface area contributed by atoms with Gasteiger partial charge in [-0.3, -0.25) is 14.0 Å². The fraction of sp³-hybridized carbons (Fsp3) is 0.318. The number of benzene rings is 2. The Morgan fingerprint density at radius 2 is 1.79 bits per heavy atom. The van der Waals surface area contributed by atoms with Crippen LogP contribution in [0.4, 0.5) is 5.69 Å². The van der Waals surface area contributed by atoms with Gasteiger partial charge in [-0.05, 0) is 48.9 Å². The van der Waals surface area contributed by atoms with Gasteiger partial charge in [-0.15, -0.1) is 24.6 Å². The summed E-state index contributed by atoms with van der Waals surface area (Å²) >= 11 is 20.0. The molecule has 0 spiro atoms. The van der Waals surface area contributed by atoms with E-state index in [9.17, 15) is 13.2 Å². The van der Waals surface area contributed by atoms with Crippen molar-refractivity contribution in [3.8, 4) is 12.8 Å². The second-order valence-electron chi connectivity index (χ2n) is 6.83. The molecule has 1 saturated heterocycles. The lowest BCUT2D eigenvalue weighted by atomic mass is 10.2. The van der Waals surface area contributed by atoms with Crippen LogP contribution in [0.5, 0.6) is 0 Å². The predicted octanol–water partition coefficient (Wildman–Crippen LogP) is 5.03. The molecular formula is C22H23Cl3N2O4S2. The number of hydrogen-bond acceptors (Lipinski definition) is 6. The molecule has 2 aromatic rings. The van der Waals surface area contributed by atoms with Crippen LogP contribution in [0, 0.1) is 12.8 Å². The molecule has 1 aliphatic heterocycles. The number of sulfonamides is 1. The van der Waals surface area contributed by atoms with E-state index in [1.54, 1.807) is 23.9 Å². The van der Waals surface area contributed by atoms with Gasteiger partial charge >= 0.3 is 5.97 Å². The summed E-state index contributed by atoms with van der Waals surface area (Å²) in [6, 6.07) is 10.3. The zero-order chi connectivity index (χ0) is 24.6. The molecule has 33 heavy (non-hydrogen) atoms. The van der Waals surface area contributed by atoms with Crippen molar-refractivity contribution in [2.45, 2.75) is 17.4 Å². The molecule has 0 amide bonds. The zero-order valence-corrected chi connectivity index (χ0v) is 21.7. The fourth-order valence-electron chi connectivity index (χ4n) is 3.25. The molecule has 0 bridgehead atoms. The third-order valence-electron chi connectivity index (χ3n) is 4.83. The normalized spacial score (nSPS) is 16.0. The Hall–Kier alpha value is -1.60. The highest BCUT2D eigenvalue weighted by molar-refractivity contribution is 7.99. The van der Waals surface area contributed by atoms with Crippen molar-refractivity contribution < 1.29 is 17.9 Å². The maximum Gasteiger partial charge on any atom is 0.323 e. The van der Waals surface area contributed by atoms with Gasteiger partial charge in [-0.2, -0.15) is 0 Å². The summed E-state index contributed by atoms with van der Waals surface area (Å²) in [5, 5.41) is 1.08. The summed E-state index contributed by atoms with van der Waals surface area (Å²) in [7, 11) is -2.56. The number of rotatable bonds is 8. The Kier molecular flexibility index (Phi) is 10.7. The third kappa shape index (κ3) is 6.95. The minimum absolute atomic E-state index is 0.0945. The number of thioether (sulfide) groups is 1. The molecule has 178 valence electrons. The number of terminal acetylenes is 1. The quantitative estimate of drug-likeness (QED) is 0.340. The molecule has 0 aliphatic carbocycles. The smallest absolute Gasteiger partial charge is 0.323 e. The summed E-state index contributed by atoms with van der Waals surface area (Å²) in [5.74, 6) is 1.05. The van der Waals surface area contributed by atoms with Crippen LogP contribution in [-0.2, 0) is 19.6 Å². The van der Waals surface area contributed by atoms with Crippen LogP contribution in [0.25, 0.3) is 0 Å². The molecule has 0 saturated carbocycles. The van der Waals surface area contributed by atoms with Crippen LogP contribution < -0.4 is 4.31 Å². The summed E-state index contributed by atoms with van der Waals surface area (Å²) in [6.07, 6.45) is 8.48. The predicted molar refractivity (Wildman–Crippen MR) is 137 cm³/mol. The van der Waals surface area contributed by atoms with Gasteiger partial charge in [0.25, 0.3) is 10.0 Å². The Morgan fingerprint density at radius 3 is 2.42 bits per heavy atom. The van der Waals surface area contributed by atoms with Crippen LogP contribution in [-0.4, -0.2) is 57.2 Å². The zero-order valence-electron chi connectivity index (χ0n) is 17.8. The third-order valence-corrected chi connectivity index (χ3v) is 8.53. The molecule has 3 rings (SSSR count). The van der Waals surface area contributed by atoms with Crippen LogP contribution >= 0.6 is 46.6 Å². The van der Waals surface area contributed by atoms with Gasteiger partial charge in [0.2, 0.25) is 0 Å². The first kappa shape index (κ1) is 27.6. The number of carbonyl (C=O) groups is 1. The Balaban J connectivity index is 0.00000187. The molecule has 1 unspecified atom stereocenters. The van der Waals surface area contributed by atoms with Gasteiger partial charge in [-0.25, -0.2) is 8.42 Å². The molecule has 1 fully saturated rings. The summed E-state index contributed by atoms with van der Waals surface area (Å²) in [4.78, 5) is 14.1. The van der Waals surface area contributed by atoms with Crippen molar-refractivity contribution in [1.29, 1.82) is 0 Å². The molecule has 0 N–H and O–H groups in total. The average molecular weight is 550 g/mol. The van der Waals surface area contributed by atoms with Gasteiger partial charge in [-0.1, -0.05) is 34.8 Å². The molecule has 2 aromatic carbocycles. The SMILES string of the molecule is C#C.COC(=O)C1CSCN1CCCN(c1cc(Cl)ccc1Cl)S(=O)(=O)c1ccc(Cl)cc1. The molecule has 1 aliphatic rings. The highest BCUT2D eigenvalue weighted by Gasteiger charge is 2.32. The first-order chi connectivity index (χ1) is 15.7. The Bertz CT molecular complexity index is 1080. The number of carbonyl (C=O) groups excluding carboxylic acids is 1. The van der Waals surface area contributed by atoms with E-state index in [0.717, 1.165) is 0 Å². The van der Waals surface area contributed by atoms with Crippen LogP contribution in [0.1, 0.15) is 6.42 Å². The first-order valence-corrected chi connectivity index (χ1v) is 13.4. The van der Waals surface area contributed by atoms with Crippen molar-refractivity contribution in [3.05, 3.63) is 57.5 Å². The standard InChI is InChI=1S/C20H21Cl3N2O4S2.C2H2/c1-29-20(26)19-12-30-13-24(19)9-2-10-25(18-11-15(22)5-8-17(18)23)31(27,28)16-6-3-14(21)4-7-16;1-2/h3-8,11,19H,2,9-10,12-13H2,1H3;1-2H. The maximum absolute atomic E-state index is 13.4. The number of methoxy groups -OCH3 is 1. The lowest BCUT2D eigenvalue weighted by molar-refractivity contribution is -0.145. The van der Waals surface area contributed by atoms with Crippen molar-refractivity contribution in [2.24, 2.45) is 0 Å². The Morgan fingerprint density at radius 1 is 1.15 bits per heavy atom. The van der Waals surface area contributed by atoms with E-state index in [-0.39, 0.29) is 28.5 Å². The summed E-state index contributed by atoms with van der Waals surface area (Å²) < 4.78 is 33.0. The molecule has 0 aromatic heterocycles. The van der Waals surface area contributed by atoms with E-state index < -0.39 is 10.0 Å². The van der Waals surface area contributed by atoms with Crippen LogP contribution in [0.15, 0.2) is 47.4 Å². The maximum atomic E-state index is 13.4. The molecule has 1 heterocycles. The molecule has 11 heteroatoms. The lowest BCUT2D eigenvalue weighted by Crippen LogP contribution is -2.40. The topological polar surface area (TPSA) is 66.9 Å². The Labute approximate surface area is 214 Å². The highest BCUT2D eigenvalue weighted by Crippen LogP contribution is 2.33. The van der Waals surface area contributed by atoms with Gasteiger partial charge in [0.05, 0.1) is 22.7 Å². The molecule has 6 nitrogen and oxygen atoms in total. The van der Waals surface area contributed by atoms with Crippen LogP contribution in [0.3, 0.4) is 0 Å². The van der Waals surface area contributed by atoms with Crippen molar-refractivity contribution >= 4 is 68.2 Å². The van der Waals surface area contributed by atoms with E-state index in [2.05, 4.69) is 12.8 Å². The van der Waals surface area contributed by atoms with E-state index in [1.165, 1.54) is 41.7 Å². The van der Waals surface area contributed by atoms with E-state index in [4.69, 9.17) is 39.5 Å². The molecule has 0 radical (unpaired) electrons. The van der Waals surface area contributed by atoms with Gasteiger partial charge in [0.1, 0.15) is 6.04 Å². The largest absolute Gasteiger partial charge is 0.468 e. The van der Waals surface area contributed by atoms with E-state index >= 15 is 0 Å². The highest BCUT2D eigenvalue weighted by atomic mass is 35.5. The van der Waals surface area contributed by atoms with E-state index in [1.807, 2.05) is 4.90 Å².